The molecule has 0 atom stereocenters. The highest BCUT2D eigenvalue weighted by Gasteiger charge is 2.14. The van der Waals surface area contributed by atoms with Crippen LogP contribution in [0.2, 0.25) is 5.02 Å². The third kappa shape index (κ3) is 5.64. The van der Waals surface area contributed by atoms with Gasteiger partial charge < -0.3 is 31.7 Å². The quantitative estimate of drug-likeness (QED) is 0.310. The van der Waals surface area contributed by atoms with Crippen molar-refractivity contribution in [3.63, 3.8) is 0 Å². The molecule has 8 nitrogen and oxygen atoms in total. The van der Waals surface area contributed by atoms with Crippen molar-refractivity contribution in [2.75, 3.05) is 18.1 Å². The number of nitrogens with zero attached hydrogens (tertiary/aromatic N) is 2. The molecule has 0 radical (unpaired) electrons. The Morgan fingerprint density at radius 1 is 1.20 bits per heavy atom. The number of phenolic OH excluding ortho intramolecular Hbond substituents is 1. The fraction of sp³-hybridized carbons (Fsp3) is 0.120. The lowest BCUT2D eigenvalue weighted by atomic mass is 10.1. The van der Waals surface area contributed by atoms with Gasteiger partial charge in [0.1, 0.15) is 23.9 Å². The van der Waals surface area contributed by atoms with Crippen LogP contribution < -0.4 is 21.7 Å². The zero-order chi connectivity index (χ0) is 24.9. The molecule has 2 heterocycles. The molecule has 0 fully saturated rings. The van der Waals surface area contributed by atoms with Gasteiger partial charge in [0.25, 0.3) is 5.91 Å². The Morgan fingerprint density at radius 3 is 2.77 bits per heavy atom. The number of aromatic hydroxyl groups is 1. The van der Waals surface area contributed by atoms with Crippen molar-refractivity contribution in [1.82, 2.24) is 20.5 Å². The second-order valence-corrected chi connectivity index (χ2v) is 8.32. The molecule has 2 aromatic carbocycles. The summed E-state index contributed by atoms with van der Waals surface area (Å²) in [7, 11) is 1.82. The number of halogens is 2. The van der Waals surface area contributed by atoms with E-state index < -0.39 is 6.67 Å². The maximum Gasteiger partial charge on any atom is 0.269 e. The highest BCUT2D eigenvalue weighted by atomic mass is 35.5. The molecule has 1 aliphatic heterocycles. The minimum Gasteiger partial charge on any atom is -0.507 e. The SMILES string of the molecule is CN1C=CNC(C(=O)NCc2ccc(-c3cc(Nc4ccc(Cl)cc4CF)ccc3O)nc2N)=C1. The van der Waals surface area contributed by atoms with E-state index in [1.54, 1.807) is 66.0 Å². The van der Waals surface area contributed by atoms with Crippen LogP contribution >= 0.6 is 11.6 Å². The van der Waals surface area contributed by atoms with E-state index in [4.69, 9.17) is 17.3 Å². The molecule has 1 aromatic heterocycles. The van der Waals surface area contributed by atoms with Gasteiger partial charge in [0.05, 0.1) is 5.69 Å². The number of nitrogens with one attached hydrogen (secondary N) is 3. The van der Waals surface area contributed by atoms with Crippen molar-refractivity contribution in [1.29, 1.82) is 0 Å². The highest BCUT2D eigenvalue weighted by molar-refractivity contribution is 6.30. The van der Waals surface area contributed by atoms with E-state index in [0.29, 0.717) is 44.5 Å². The molecule has 0 spiro atoms. The fourth-order valence-electron chi connectivity index (χ4n) is 3.50. The summed E-state index contributed by atoms with van der Waals surface area (Å²) < 4.78 is 13.4. The van der Waals surface area contributed by atoms with E-state index in [0.717, 1.165) is 0 Å². The summed E-state index contributed by atoms with van der Waals surface area (Å²) in [6.07, 6.45) is 5.12. The van der Waals surface area contributed by atoms with Gasteiger partial charge in [0, 0.05) is 65.3 Å². The fourth-order valence-corrected chi connectivity index (χ4v) is 3.69. The number of pyridine rings is 1. The van der Waals surface area contributed by atoms with Crippen LogP contribution in [0.3, 0.4) is 0 Å². The van der Waals surface area contributed by atoms with Crippen molar-refractivity contribution in [3.8, 4) is 17.0 Å². The molecule has 35 heavy (non-hydrogen) atoms. The number of nitrogen functional groups attached to an aromatic ring is 1. The van der Waals surface area contributed by atoms with Gasteiger partial charge in [0.2, 0.25) is 0 Å². The van der Waals surface area contributed by atoms with Crippen molar-refractivity contribution < 1.29 is 14.3 Å². The second kappa shape index (κ2) is 10.4. The number of anilines is 3. The minimum absolute atomic E-state index is 0.0119. The summed E-state index contributed by atoms with van der Waals surface area (Å²) in [5.41, 5.74) is 9.68. The van der Waals surface area contributed by atoms with Gasteiger partial charge >= 0.3 is 0 Å². The first-order chi connectivity index (χ1) is 16.8. The predicted octanol–water partition coefficient (Wildman–Crippen LogP) is 4.37. The summed E-state index contributed by atoms with van der Waals surface area (Å²) in [4.78, 5) is 18.6. The number of hydrogen-bond donors (Lipinski definition) is 5. The van der Waals surface area contributed by atoms with Crippen LogP contribution in [-0.2, 0) is 18.0 Å². The Morgan fingerprint density at radius 2 is 2.03 bits per heavy atom. The number of hydrogen-bond acceptors (Lipinski definition) is 7. The van der Waals surface area contributed by atoms with Crippen molar-refractivity contribution in [2.45, 2.75) is 13.2 Å². The lowest BCUT2D eigenvalue weighted by Gasteiger charge is -2.17. The molecule has 6 N–H and O–H groups in total. The molecule has 1 aliphatic rings. The van der Waals surface area contributed by atoms with Crippen LogP contribution in [0.1, 0.15) is 11.1 Å². The van der Waals surface area contributed by atoms with Gasteiger partial charge in [0.15, 0.2) is 0 Å². The summed E-state index contributed by atoms with van der Waals surface area (Å²) >= 11 is 5.96. The van der Waals surface area contributed by atoms with Gasteiger partial charge in [-0.25, -0.2) is 9.37 Å². The maximum absolute atomic E-state index is 13.4. The monoisotopic (exact) mass is 494 g/mol. The molecule has 3 aromatic rings. The number of phenols is 1. The Labute approximate surface area is 206 Å². The van der Waals surface area contributed by atoms with Crippen molar-refractivity contribution in [3.05, 3.63) is 89.0 Å². The zero-order valence-electron chi connectivity index (χ0n) is 18.8. The van der Waals surface area contributed by atoms with E-state index in [1.807, 2.05) is 7.05 Å². The molecule has 10 heteroatoms. The summed E-state index contributed by atoms with van der Waals surface area (Å²) in [5, 5.41) is 19.7. The first-order valence-electron chi connectivity index (χ1n) is 10.7. The normalized spacial score (nSPS) is 12.7. The lowest BCUT2D eigenvalue weighted by Crippen LogP contribution is -2.32. The Bertz CT molecular complexity index is 1330. The Kier molecular flexibility index (Phi) is 7.07. The summed E-state index contributed by atoms with van der Waals surface area (Å²) in [6.45, 7) is -0.495. The Balaban J connectivity index is 1.50. The van der Waals surface area contributed by atoms with Gasteiger partial charge in [-0.3, -0.25) is 4.79 Å². The van der Waals surface area contributed by atoms with Crippen LogP contribution in [0.15, 0.2) is 72.8 Å². The number of carbonyl (C=O) groups is 1. The number of rotatable bonds is 7. The molecule has 0 unspecified atom stereocenters. The Hall–Kier alpha value is -4.24. The van der Waals surface area contributed by atoms with E-state index in [2.05, 4.69) is 20.9 Å². The number of nitrogens with two attached hydrogens (primary N) is 1. The van der Waals surface area contributed by atoms with Crippen LogP contribution in [0.5, 0.6) is 5.75 Å². The lowest BCUT2D eigenvalue weighted by molar-refractivity contribution is -0.118. The molecule has 0 saturated heterocycles. The summed E-state index contributed by atoms with van der Waals surface area (Å²) in [6, 6.07) is 13.2. The molecule has 4 rings (SSSR count). The number of aromatic nitrogens is 1. The number of alkyl halides is 1. The molecule has 0 bridgehead atoms. The maximum atomic E-state index is 13.4. The van der Waals surface area contributed by atoms with E-state index >= 15 is 0 Å². The molecular formula is C25H24ClFN6O2. The van der Waals surface area contributed by atoms with Gasteiger partial charge in [-0.15, -0.1) is 0 Å². The average molecular weight is 495 g/mol. The molecule has 0 saturated carbocycles. The smallest absolute Gasteiger partial charge is 0.269 e. The largest absolute Gasteiger partial charge is 0.507 e. The van der Waals surface area contributed by atoms with Crippen LogP contribution in [0, 0.1) is 0 Å². The first kappa shape index (κ1) is 23.9. The molecule has 180 valence electrons. The third-order valence-electron chi connectivity index (χ3n) is 5.34. The highest BCUT2D eigenvalue weighted by Crippen LogP contribution is 2.33. The van der Waals surface area contributed by atoms with Crippen LogP contribution in [-0.4, -0.2) is 27.9 Å². The van der Waals surface area contributed by atoms with E-state index in [9.17, 15) is 14.3 Å². The van der Waals surface area contributed by atoms with Gasteiger partial charge in [-0.05, 0) is 42.5 Å². The van der Waals surface area contributed by atoms with Gasteiger partial charge in [-0.2, -0.15) is 0 Å². The van der Waals surface area contributed by atoms with E-state index in [1.165, 1.54) is 6.07 Å². The summed E-state index contributed by atoms with van der Waals surface area (Å²) in [5.74, 6) is -0.0469. The molecule has 1 amide bonds. The standard InChI is InChI=1S/C25H24ClFN6O2/c1-33-9-8-29-22(14-33)25(35)30-13-15-2-5-21(32-24(15)28)19-11-18(4-7-23(19)34)31-20-6-3-17(26)10-16(20)12-27/h2-11,14,29,31,34H,12-13H2,1H3,(H2,28,32)(H,30,35). The third-order valence-corrected chi connectivity index (χ3v) is 5.58. The van der Waals surface area contributed by atoms with Crippen molar-refractivity contribution in [2.24, 2.45) is 0 Å². The number of amides is 1. The second-order valence-electron chi connectivity index (χ2n) is 7.88. The minimum atomic E-state index is -0.676. The first-order valence-corrected chi connectivity index (χ1v) is 11.1. The zero-order valence-corrected chi connectivity index (χ0v) is 19.6. The number of carbonyl (C=O) groups excluding carboxylic acids is 1. The van der Waals surface area contributed by atoms with Gasteiger partial charge in [-0.1, -0.05) is 17.7 Å². The number of benzene rings is 2. The van der Waals surface area contributed by atoms with E-state index in [-0.39, 0.29) is 24.0 Å². The van der Waals surface area contributed by atoms with Crippen LogP contribution in [0.4, 0.5) is 21.6 Å². The van der Waals surface area contributed by atoms with Crippen molar-refractivity contribution >= 4 is 34.7 Å². The van der Waals surface area contributed by atoms with Crippen LogP contribution in [0.25, 0.3) is 11.3 Å². The molecule has 0 aliphatic carbocycles. The topological polar surface area (TPSA) is 116 Å². The average Bonchev–Trinajstić information content (AvgIpc) is 2.85. The predicted molar refractivity (Wildman–Crippen MR) is 135 cm³/mol. The molecular weight excluding hydrogens is 471 g/mol.